The first-order valence-corrected chi connectivity index (χ1v) is 5.77. The Morgan fingerprint density at radius 2 is 2.15 bits per heavy atom. The number of H-pyrrole nitrogens is 1. The van der Waals surface area contributed by atoms with E-state index in [1.54, 1.807) is 13.0 Å². The van der Waals surface area contributed by atoms with E-state index in [-0.39, 0.29) is 23.5 Å². The molecule has 0 saturated heterocycles. The molecular weight excluding hydrogens is 266 g/mol. The summed E-state index contributed by atoms with van der Waals surface area (Å²) in [6, 6.07) is 5.72. The van der Waals surface area contributed by atoms with E-state index in [0.29, 0.717) is 0 Å². The molecule has 0 bridgehead atoms. The third-order valence-corrected chi connectivity index (χ3v) is 2.59. The molecule has 0 aliphatic rings. The van der Waals surface area contributed by atoms with Crippen molar-refractivity contribution in [1.82, 2.24) is 9.78 Å². The zero-order valence-electron chi connectivity index (χ0n) is 10.5. The number of para-hydroxylation sites is 2. The topological polar surface area (TPSA) is 107 Å². The molecule has 1 aromatic carbocycles. The Kier molecular flexibility index (Phi) is 3.65. The van der Waals surface area contributed by atoms with Crippen molar-refractivity contribution in [2.45, 2.75) is 6.92 Å². The lowest BCUT2D eigenvalue weighted by molar-refractivity contribution is -0.384. The quantitative estimate of drug-likeness (QED) is 0.514. The van der Waals surface area contributed by atoms with Gasteiger partial charge in [0, 0.05) is 12.3 Å². The number of nitro groups is 1. The van der Waals surface area contributed by atoms with Crippen LogP contribution >= 0.6 is 0 Å². The summed E-state index contributed by atoms with van der Waals surface area (Å²) < 4.78 is 5.66. The SMILES string of the molecule is CCOC(=O)c1c[nH]n(-c2ccccc2[N+](=O)[O-])c1=O. The molecule has 0 saturated carbocycles. The fraction of sp³-hybridized carbons (Fsp3) is 0.167. The van der Waals surface area contributed by atoms with Crippen LogP contribution in [0.15, 0.2) is 35.3 Å². The molecular formula is C12H11N3O5. The number of carbonyl (C=O) groups excluding carboxylic acids is 1. The summed E-state index contributed by atoms with van der Waals surface area (Å²) in [5.74, 6) is -0.772. The van der Waals surface area contributed by atoms with Crippen molar-refractivity contribution in [2.24, 2.45) is 0 Å². The van der Waals surface area contributed by atoms with Gasteiger partial charge in [-0.25, -0.2) is 9.48 Å². The van der Waals surface area contributed by atoms with E-state index in [0.717, 1.165) is 10.9 Å². The predicted octanol–water partition coefficient (Wildman–Crippen LogP) is 1.25. The number of nitro benzene ring substituents is 1. The Bertz CT molecular complexity index is 716. The molecule has 0 aliphatic heterocycles. The van der Waals surface area contributed by atoms with Gasteiger partial charge in [0.2, 0.25) is 0 Å². The number of benzene rings is 1. The van der Waals surface area contributed by atoms with E-state index in [1.807, 2.05) is 0 Å². The molecule has 8 heteroatoms. The Balaban J connectivity index is 2.53. The monoisotopic (exact) mass is 277 g/mol. The Hall–Kier alpha value is -2.90. The summed E-state index contributed by atoms with van der Waals surface area (Å²) in [4.78, 5) is 33.9. The van der Waals surface area contributed by atoms with Gasteiger partial charge in [-0.05, 0) is 13.0 Å². The number of nitrogens with zero attached hydrogens (tertiary/aromatic N) is 2. The van der Waals surface area contributed by atoms with Crippen LogP contribution in [0.1, 0.15) is 17.3 Å². The molecule has 0 atom stereocenters. The highest BCUT2D eigenvalue weighted by Crippen LogP contribution is 2.20. The lowest BCUT2D eigenvalue weighted by Gasteiger charge is -2.02. The van der Waals surface area contributed by atoms with Crippen LogP contribution in [0, 0.1) is 10.1 Å². The molecule has 0 unspecified atom stereocenters. The van der Waals surface area contributed by atoms with Gasteiger partial charge in [-0.15, -0.1) is 0 Å². The van der Waals surface area contributed by atoms with Gasteiger partial charge < -0.3 is 4.74 Å². The molecule has 20 heavy (non-hydrogen) atoms. The van der Waals surface area contributed by atoms with E-state index >= 15 is 0 Å². The summed E-state index contributed by atoms with van der Waals surface area (Å²) in [6.45, 7) is 1.75. The van der Waals surface area contributed by atoms with Crippen LogP contribution in [-0.2, 0) is 4.74 Å². The molecule has 104 valence electrons. The summed E-state index contributed by atoms with van der Waals surface area (Å²) >= 11 is 0. The Morgan fingerprint density at radius 1 is 1.45 bits per heavy atom. The predicted molar refractivity (Wildman–Crippen MR) is 69.0 cm³/mol. The highest BCUT2D eigenvalue weighted by molar-refractivity contribution is 5.88. The highest BCUT2D eigenvalue weighted by atomic mass is 16.6. The van der Waals surface area contributed by atoms with Gasteiger partial charge in [-0.2, -0.15) is 0 Å². The second-order valence-corrected chi connectivity index (χ2v) is 3.79. The van der Waals surface area contributed by atoms with Gasteiger partial charge in [-0.3, -0.25) is 20.0 Å². The Morgan fingerprint density at radius 3 is 2.80 bits per heavy atom. The number of nitrogens with one attached hydrogen (secondary N) is 1. The van der Waals surface area contributed by atoms with Crippen molar-refractivity contribution in [3.05, 3.63) is 56.5 Å². The molecule has 2 rings (SSSR count). The first-order valence-electron chi connectivity index (χ1n) is 5.77. The van der Waals surface area contributed by atoms with E-state index in [1.165, 1.54) is 18.2 Å². The number of hydrogen-bond donors (Lipinski definition) is 1. The van der Waals surface area contributed by atoms with Crippen LogP contribution in [0.2, 0.25) is 0 Å². The minimum atomic E-state index is -0.772. The number of rotatable bonds is 4. The molecule has 0 fully saturated rings. The minimum Gasteiger partial charge on any atom is -0.462 e. The van der Waals surface area contributed by atoms with Crippen LogP contribution < -0.4 is 5.56 Å². The number of hydrogen-bond acceptors (Lipinski definition) is 5. The van der Waals surface area contributed by atoms with Crippen molar-refractivity contribution in [2.75, 3.05) is 6.61 Å². The van der Waals surface area contributed by atoms with E-state index in [4.69, 9.17) is 4.74 Å². The maximum atomic E-state index is 12.1. The van der Waals surface area contributed by atoms with Gasteiger partial charge >= 0.3 is 5.97 Å². The van der Waals surface area contributed by atoms with Crippen molar-refractivity contribution >= 4 is 11.7 Å². The number of ether oxygens (including phenoxy) is 1. The molecule has 1 aromatic heterocycles. The van der Waals surface area contributed by atoms with Crippen LogP contribution in [-0.4, -0.2) is 27.3 Å². The number of carbonyl (C=O) groups is 1. The lowest BCUT2D eigenvalue weighted by atomic mass is 10.2. The average Bonchev–Trinajstić information content (AvgIpc) is 2.80. The summed E-state index contributed by atoms with van der Waals surface area (Å²) in [5, 5.41) is 13.5. The fourth-order valence-corrected chi connectivity index (χ4v) is 1.71. The second-order valence-electron chi connectivity index (χ2n) is 3.79. The normalized spacial score (nSPS) is 10.2. The first kappa shape index (κ1) is 13.5. The third-order valence-electron chi connectivity index (χ3n) is 2.59. The molecule has 1 N–H and O–H groups in total. The third kappa shape index (κ3) is 2.30. The largest absolute Gasteiger partial charge is 0.462 e. The fourth-order valence-electron chi connectivity index (χ4n) is 1.71. The summed E-state index contributed by atoms with van der Waals surface area (Å²) in [7, 11) is 0. The molecule has 1 heterocycles. The van der Waals surface area contributed by atoms with Crippen molar-refractivity contribution in [3.63, 3.8) is 0 Å². The molecule has 8 nitrogen and oxygen atoms in total. The van der Waals surface area contributed by atoms with Crippen molar-refractivity contribution < 1.29 is 14.5 Å². The standard InChI is InChI=1S/C12H11N3O5/c1-2-20-12(17)8-7-13-14(11(8)16)9-5-3-4-6-10(9)15(18)19/h3-7,13H,2H2,1H3. The summed E-state index contributed by atoms with van der Waals surface area (Å²) in [6.07, 6.45) is 1.16. The minimum absolute atomic E-state index is 0.0537. The smallest absolute Gasteiger partial charge is 0.345 e. The van der Waals surface area contributed by atoms with E-state index in [9.17, 15) is 19.7 Å². The van der Waals surface area contributed by atoms with Gasteiger partial charge in [0.05, 0.1) is 11.5 Å². The van der Waals surface area contributed by atoms with E-state index < -0.39 is 16.5 Å². The molecule has 0 aliphatic carbocycles. The van der Waals surface area contributed by atoms with Crippen LogP contribution in [0.25, 0.3) is 5.69 Å². The number of aromatic nitrogens is 2. The van der Waals surface area contributed by atoms with Crippen LogP contribution in [0.5, 0.6) is 0 Å². The van der Waals surface area contributed by atoms with Gasteiger partial charge in [0.15, 0.2) is 0 Å². The van der Waals surface area contributed by atoms with Crippen LogP contribution in [0.3, 0.4) is 0 Å². The zero-order chi connectivity index (χ0) is 14.7. The van der Waals surface area contributed by atoms with Gasteiger partial charge in [0.1, 0.15) is 11.3 Å². The van der Waals surface area contributed by atoms with Gasteiger partial charge in [0.25, 0.3) is 11.2 Å². The van der Waals surface area contributed by atoms with Crippen LogP contribution in [0.4, 0.5) is 5.69 Å². The first-order chi connectivity index (χ1) is 9.56. The zero-order valence-corrected chi connectivity index (χ0v) is 10.5. The maximum Gasteiger partial charge on any atom is 0.345 e. The van der Waals surface area contributed by atoms with Crippen molar-refractivity contribution in [1.29, 1.82) is 0 Å². The summed E-state index contributed by atoms with van der Waals surface area (Å²) in [5.41, 5.74) is -1.09. The molecule has 0 spiro atoms. The highest BCUT2D eigenvalue weighted by Gasteiger charge is 2.21. The van der Waals surface area contributed by atoms with Gasteiger partial charge in [-0.1, -0.05) is 12.1 Å². The average molecular weight is 277 g/mol. The second kappa shape index (κ2) is 5.39. The number of esters is 1. The van der Waals surface area contributed by atoms with E-state index in [2.05, 4.69) is 5.10 Å². The molecule has 2 aromatic rings. The Labute approximate surface area is 112 Å². The number of aromatic amines is 1. The maximum absolute atomic E-state index is 12.1. The van der Waals surface area contributed by atoms with Crippen molar-refractivity contribution in [3.8, 4) is 5.69 Å². The lowest BCUT2D eigenvalue weighted by Crippen LogP contribution is -2.22. The molecule has 0 radical (unpaired) electrons. The molecule has 0 amide bonds.